The number of morpholine rings is 1. The summed E-state index contributed by atoms with van der Waals surface area (Å²) in [5, 5.41) is 8.94. The van der Waals surface area contributed by atoms with Crippen LogP contribution in [-0.4, -0.2) is 86.4 Å². The molecule has 0 aromatic heterocycles. The van der Waals surface area contributed by atoms with Crippen LogP contribution >= 0.6 is 0 Å². The van der Waals surface area contributed by atoms with Crippen molar-refractivity contribution in [2.24, 2.45) is 0 Å². The molecule has 0 spiro atoms. The lowest BCUT2D eigenvalue weighted by molar-refractivity contribution is -0.137. The number of anilines is 1. The Morgan fingerprint density at radius 2 is 2.04 bits per heavy atom. The van der Waals surface area contributed by atoms with E-state index in [1.54, 1.807) is 9.80 Å². The molecule has 0 aliphatic carbocycles. The van der Waals surface area contributed by atoms with Crippen LogP contribution in [0.1, 0.15) is 5.56 Å². The fourth-order valence-electron chi connectivity index (χ4n) is 3.41. The molecule has 1 unspecified atom stereocenters. The van der Waals surface area contributed by atoms with E-state index < -0.39 is 28.6 Å². The van der Waals surface area contributed by atoms with Crippen LogP contribution in [0.3, 0.4) is 0 Å². The number of hydrogen-bond acceptors (Lipinski definition) is 5. The molecular formula is C17H23N3O6S. The maximum absolute atomic E-state index is 12.9. The monoisotopic (exact) mass is 397 g/mol. The van der Waals surface area contributed by atoms with E-state index in [1.165, 1.54) is 0 Å². The van der Waals surface area contributed by atoms with E-state index in [4.69, 9.17) is 9.84 Å². The molecule has 1 aromatic rings. The number of urea groups is 1. The van der Waals surface area contributed by atoms with Gasteiger partial charge < -0.3 is 14.7 Å². The van der Waals surface area contributed by atoms with Crippen molar-refractivity contribution in [3.05, 3.63) is 29.8 Å². The first-order valence-corrected chi connectivity index (χ1v) is 10.5. The second-order valence-corrected chi connectivity index (χ2v) is 8.68. The van der Waals surface area contributed by atoms with Crippen LogP contribution in [0.2, 0.25) is 0 Å². The molecule has 2 amide bonds. The average molecular weight is 397 g/mol. The number of carboxylic acid groups (broad SMARTS) is 1. The van der Waals surface area contributed by atoms with Gasteiger partial charge in [0.15, 0.2) is 0 Å². The fourth-order valence-corrected chi connectivity index (χ4v) is 4.19. The Bertz CT molecular complexity index is 828. The molecule has 2 aliphatic rings. The summed E-state index contributed by atoms with van der Waals surface area (Å²) in [5.41, 5.74) is 2.02. The topological polar surface area (TPSA) is 107 Å². The number of fused-ring (bicyclic) bond motifs is 1. The van der Waals surface area contributed by atoms with Crippen LogP contribution in [0.4, 0.5) is 10.5 Å². The zero-order valence-electron chi connectivity index (χ0n) is 15.1. The molecule has 1 atom stereocenters. The number of ether oxygens (including phenoxy) is 1. The van der Waals surface area contributed by atoms with Crippen molar-refractivity contribution in [1.29, 1.82) is 0 Å². The maximum atomic E-state index is 12.9. The lowest BCUT2D eigenvalue weighted by Crippen LogP contribution is -2.54. The summed E-state index contributed by atoms with van der Waals surface area (Å²) < 4.78 is 30.1. The van der Waals surface area contributed by atoms with Crippen LogP contribution in [0.25, 0.3) is 0 Å². The highest BCUT2D eigenvalue weighted by Crippen LogP contribution is 2.28. The van der Waals surface area contributed by atoms with Crippen LogP contribution < -0.4 is 4.90 Å². The minimum absolute atomic E-state index is 0.106. The number of nitrogens with zero attached hydrogens (tertiary/aromatic N) is 3. The molecule has 0 radical (unpaired) electrons. The van der Waals surface area contributed by atoms with Gasteiger partial charge in [-0.25, -0.2) is 13.2 Å². The van der Waals surface area contributed by atoms with Crippen molar-refractivity contribution >= 4 is 27.7 Å². The number of sulfonamides is 1. The molecule has 1 saturated heterocycles. The van der Waals surface area contributed by atoms with E-state index in [1.807, 2.05) is 24.3 Å². The Labute approximate surface area is 158 Å². The van der Waals surface area contributed by atoms with Crippen molar-refractivity contribution < 1.29 is 27.9 Å². The summed E-state index contributed by atoms with van der Waals surface area (Å²) in [6.45, 7) is 0.762. The summed E-state index contributed by atoms with van der Waals surface area (Å²) in [7, 11) is -3.69. The van der Waals surface area contributed by atoms with E-state index in [0.29, 0.717) is 13.1 Å². The van der Waals surface area contributed by atoms with Crippen LogP contribution in [0, 0.1) is 0 Å². The van der Waals surface area contributed by atoms with E-state index in [9.17, 15) is 18.0 Å². The van der Waals surface area contributed by atoms with Crippen molar-refractivity contribution in [3.63, 3.8) is 0 Å². The number of carboxylic acids is 1. The number of benzene rings is 1. The van der Waals surface area contributed by atoms with Crippen molar-refractivity contribution in [2.75, 3.05) is 50.5 Å². The number of carbonyl (C=O) groups is 2. The summed E-state index contributed by atoms with van der Waals surface area (Å²) >= 11 is 0. The summed E-state index contributed by atoms with van der Waals surface area (Å²) in [6, 6.07) is 7.61. The Kier molecular flexibility index (Phi) is 5.68. The summed E-state index contributed by atoms with van der Waals surface area (Å²) in [4.78, 5) is 27.2. The molecule has 3 rings (SSSR count). The first-order valence-electron chi connectivity index (χ1n) is 8.68. The van der Waals surface area contributed by atoms with Crippen LogP contribution in [0.5, 0.6) is 0 Å². The first-order chi connectivity index (χ1) is 12.8. The van der Waals surface area contributed by atoms with Crippen molar-refractivity contribution in [1.82, 2.24) is 9.21 Å². The van der Waals surface area contributed by atoms with Gasteiger partial charge in [0, 0.05) is 25.3 Å². The highest BCUT2D eigenvalue weighted by molar-refractivity contribution is 7.88. The number of hydrogen-bond donors (Lipinski definition) is 1. The van der Waals surface area contributed by atoms with E-state index in [0.717, 1.165) is 28.2 Å². The third-order valence-corrected chi connectivity index (χ3v) is 5.93. The number of carbonyl (C=O) groups excluding carboxylic acids is 1. The predicted molar refractivity (Wildman–Crippen MR) is 98.3 cm³/mol. The standard InChI is InChI=1S/C17H23N3O6S/c1-27(24,25)19(12-16(21)22)11-14-10-18(8-9-26-14)17(23)20-7-6-13-4-2-3-5-15(13)20/h2-5,14H,6-12H2,1H3,(H,21,22). The van der Waals surface area contributed by atoms with Gasteiger partial charge in [0.05, 0.1) is 25.5 Å². The average Bonchev–Trinajstić information content (AvgIpc) is 3.04. The molecule has 0 bridgehead atoms. The largest absolute Gasteiger partial charge is 0.480 e. The van der Waals surface area contributed by atoms with Gasteiger partial charge in [0.25, 0.3) is 0 Å². The Morgan fingerprint density at radius 3 is 2.74 bits per heavy atom. The number of para-hydroxylation sites is 1. The van der Waals surface area contributed by atoms with Gasteiger partial charge in [0.2, 0.25) is 10.0 Å². The normalized spacial score (nSPS) is 20.0. The summed E-state index contributed by atoms with van der Waals surface area (Å²) in [5.74, 6) is -1.24. The zero-order chi connectivity index (χ0) is 19.6. The van der Waals surface area contributed by atoms with Gasteiger partial charge >= 0.3 is 12.0 Å². The Morgan fingerprint density at radius 1 is 1.30 bits per heavy atom. The molecule has 1 aromatic carbocycles. The molecule has 2 aliphatic heterocycles. The molecule has 1 fully saturated rings. The second kappa shape index (κ2) is 7.83. The molecule has 10 heteroatoms. The smallest absolute Gasteiger partial charge is 0.324 e. The SMILES string of the molecule is CS(=O)(=O)N(CC(=O)O)CC1CN(C(=O)N2CCc3ccccc32)CCO1. The van der Waals surface area contributed by atoms with Crippen molar-refractivity contribution in [3.8, 4) is 0 Å². The third kappa shape index (κ3) is 4.57. The molecule has 0 saturated carbocycles. The highest BCUT2D eigenvalue weighted by atomic mass is 32.2. The molecule has 148 valence electrons. The van der Waals surface area contributed by atoms with Gasteiger partial charge in [-0.2, -0.15) is 4.31 Å². The van der Waals surface area contributed by atoms with Gasteiger partial charge in [-0.1, -0.05) is 18.2 Å². The van der Waals surface area contributed by atoms with Gasteiger partial charge in [-0.05, 0) is 18.1 Å². The fraction of sp³-hybridized carbons (Fsp3) is 0.529. The lowest BCUT2D eigenvalue weighted by Gasteiger charge is -2.36. The van der Waals surface area contributed by atoms with E-state index in [2.05, 4.69) is 0 Å². The molecule has 27 heavy (non-hydrogen) atoms. The molecular weight excluding hydrogens is 374 g/mol. The predicted octanol–water partition coefficient (Wildman–Crippen LogP) is 0.216. The highest BCUT2D eigenvalue weighted by Gasteiger charge is 2.33. The lowest BCUT2D eigenvalue weighted by atomic mass is 10.2. The third-order valence-electron chi connectivity index (χ3n) is 4.72. The number of aliphatic carboxylic acids is 1. The summed E-state index contributed by atoms with van der Waals surface area (Å²) in [6.07, 6.45) is 1.19. The van der Waals surface area contributed by atoms with Gasteiger partial charge in [-0.15, -0.1) is 0 Å². The first kappa shape index (κ1) is 19.6. The second-order valence-electron chi connectivity index (χ2n) is 6.70. The minimum Gasteiger partial charge on any atom is -0.480 e. The van der Waals surface area contributed by atoms with Gasteiger partial charge in [-0.3, -0.25) is 9.69 Å². The quantitative estimate of drug-likeness (QED) is 0.761. The van der Waals surface area contributed by atoms with E-state index in [-0.39, 0.29) is 25.7 Å². The van der Waals surface area contributed by atoms with E-state index >= 15 is 0 Å². The van der Waals surface area contributed by atoms with Gasteiger partial charge in [0.1, 0.15) is 6.54 Å². The molecule has 2 heterocycles. The van der Waals surface area contributed by atoms with Crippen molar-refractivity contribution in [2.45, 2.75) is 12.5 Å². The number of rotatable bonds is 5. The Balaban J connectivity index is 1.67. The van der Waals surface area contributed by atoms with Crippen LogP contribution in [-0.2, 0) is 26.0 Å². The van der Waals surface area contributed by atoms with Crippen LogP contribution in [0.15, 0.2) is 24.3 Å². The zero-order valence-corrected chi connectivity index (χ0v) is 15.9. The maximum Gasteiger partial charge on any atom is 0.324 e. The molecule has 9 nitrogen and oxygen atoms in total. The Hall–Kier alpha value is -2.17. The molecule has 1 N–H and O–H groups in total. The minimum atomic E-state index is -3.69. The number of amides is 2.